The Bertz CT molecular complexity index is 3420. The summed E-state index contributed by atoms with van der Waals surface area (Å²) in [6, 6.07) is 64.9. The van der Waals surface area contributed by atoms with Gasteiger partial charge in [0.2, 0.25) is 0 Å². The first-order valence-corrected chi connectivity index (χ1v) is 22.0. The summed E-state index contributed by atoms with van der Waals surface area (Å²) in [4.78, 5) is 10.3. The van der Waals surface area contributed by atoms with E-state index in [4.69, 9.17) is 9.47 Å². The third-order valence-corrected chi connectivity index (χ3v) is 15.1. The number of benzene rings is 9. The number of fused-ring (bicyclic) bond motifs is 8. The lowest BCUT2D eigenvalue weighted by Crippen LogP contribution is -2.72. The van der Waals surface area contributed by atoms with Crippen molar-refractivity contribution in [2.24, 2.45) is 0 Å². The van der Waals surface area contributed by atoms with Gasteiger partial charge in [0.15, 0.2) is 0 Å². The second-order valence-corrected chi connectivity index (χ2v) is 17.9. The Kier molecular flexibility index (Phi) is 5.40. The van der Waals surface area contributed by atoms with Crippen LogP contribution in [0.5, 0.6) is 23.0 Å². The van der Waals surface area contributed by atoms with Gasteiger partial charge in [0.05, 0.1) is 45.5 Å². The first-order chi connectivity index (χ1) is 31.3. The molecule has 8 aliphatic rings. The summed E-state index contributed by atoms with van der Waals surface area (Å²) in [6.45, 7) is -0.144. The van der Waals surface area contributed by atoms with Crippen LogP contribution in [0, 0.1) is 0 Å². The van der Waals surface area contributed by atoms with Crippen molar-refractivity contribution in [1.29, 1.82) is 0 Å². The molecule has 0 aliphatic carbocycles. The fraction of sp³-hybridized carbons (Fsp3) is 0. The second kappa shape index (κ2) is 10.7. The van der Waals surface area contributed by atoms with Crippen molar-refractivity contribution in [3.63, 3.8) is 0 Å². The summed E-state index contributed by atoms with van der Waals surface area (Å²) in [6.07, 6.45) is 0. The van der Waals surface area contributed by atoms with Crippen molar-refractivity contribution in [3.8, 4) is 23.0 Å². The van der Waals surface area contributed by atoms with Gasteiger partial charge < -0.3 is 29.1 Å². The van der Waals surface area contributed by atoms with Crippen LogP contribution in [0.1, 0.15) is 0 Å². The van der Waals surface area contributed by atoms with Crippen LogP contribution in [-0.2, 0) is 0 Å². The van der Waals surface area contributed by atoms with Gasteiger partial charge >= 0.3 is 0 Å². The van der Waals surface area contributed by atoms with E-state index >= 15 is 0 Å². The average molecular weight is 798 g/mol. The minimum atomic E-state index is -0.0530. The predicted molar refractivity (Wildman–Crippen MR) is 259 cm³/mol. The third-order valence-electron chi connectivity index (χ3n) is 15.1. The van der Waals surface area contributed by atoms with Gasteiger partial charge in [0.1, 0.15) is 23.0 Å². The molecule has 0 bridgehead atoms. The van der Waals surface area contributed by atoms with Gasteiger partial charge in [0, 0.05) is 22.7 Å². The van der Waals surface area contributed by atoms with E-state index in [0.717, 1.165) is 45.7 Å². The summed E-state index contributed by atoms with van der Waals surface area (Å²) in [5.41, 5.74) is 26.0. The predicted octanol–water partition coefficient (Wildman–Crippen LogP) is 7.21. The molecule has 0 fully saturated rings. The molecule has 17 rings (SSSR count). The van der Waals surface area contributed by atoms with Crippen molar-refractivity contribution < 1.29 is 9.47 Å². The minimum absolute atomic E-state index is 0.0379. The van der Waals surface area contributed by atoms with Crippen molar-refractivity contribution in [3.05, 3.63) is 176 Å². The van der Waals surface area contributed by atoms with Crippen molar-refractivity contribution in [2.45, 2.75) is 0 Å². The molecule has 0 saturated heterocycles. The van der Waals surface area contributed by atoms with Crippen LogP contribution in [0.25, 0.3) is 0 Å². The molecule has 286 valence electrons. The number of ether oxygens (including phenoxy) is 2. The molecule has 0 N–H and O–H groups in total. The lowest BCUT2D eigenvalue weighted by atomic mass is 9.26. The summed E-state index contributed by atoms with van der Waals surface area (Å²) < 4.78 is 13.9. The average Bonchev–Trinajstić information content (AvgIpc) is 3.34. The zero-order valence-corrected chi connectivity index (χ0v) is 33.6. The van der Waals surface area contributed by atoms with E-state index in [2.05, 4.69) is 196 Å². The highest BCUT2D eigenvalue weighted by Crippen LogP contribution is 2.60. The molecule has 0 saturated carbocycles. The van der Waals surface area contributed by atoms with Crippen LogP contribution in [0.4, 0.5) is 68.2 Å². The summed E-state index contributed by atoms with van der Waals surface area (Å²) in [5, 5.41) is 0. The Labute approximate surface area is 364 Å². The Balaban J connectivity index is 1.08. The number of rotatable bonds is 2. The van der Waals surface area contributed by atoms with Crippen LogP contribution in [-0.4, -0.2) is 20.1 Å². The highest BCUT2D eigenvalue weighted by atomic mass is 16.5. The van der Waals surface area contributed by atoms with Gasteiger partial charge in [-0.15, -0.1) is 0 Å². The molecule has 9 aromatic carbocycles. The van der Waals surface area contributed by atoms with Crippen LogP contribution in [0.2, 0.25) is 0 Å². The number of nitrogens with zero attached hydrogens (tertiary/aromatic N) is 4. The maximum absolute atomic E-state index is 6.94. The van der Waals surface area contributed by atoms with E-state index in [1.165, 1.54) is 94.7 Å². The molecule has 9 aromatic rings. The van der Waals surface area contributed by atoms with E-state index in [1.54, 1.807) is 0 Å². The Morgan fingerprint density at radius 2 is 0.683 bits per heavy atom. The smallest absolute Gasteiger partial charge is 0.256 e. The molecule has 0 amide bonds. The van der Waals surface area contributed by atoms with Crippen molar-refractivity contribution in [2.75, 3.05) is 19.6 Å². The van der Waals surface area contributed by atoms with Crippen LogP contribution >= 0.6 is 0 Å². The molecule has 0 radical (unpaired) electrons. The van der Waals surface area contributed by atoms with Gasteiger partial charge in [-0.2, -0.15) is 0 Å². The van der Waals surface area contributed by atoms with E-state index in [0.29, 0.717) is 0 Å². The standard InChI is InChI=1S/C54H29B3N4O2/c1-3-13-30(14-4-1)58-38-21-11-19-34-49(38)60-51-36(55-32-17-7-9-23-42(32)62-44-27-25-40(58)53(60)46(44)55)29-37-52-48(51)57(34)35-20-12-22-39-50(35)61(52)54-41(59(39)31-15-5-2-6-16-31)26-28-45-47(54)56(37)33-18-8-10-24-43(33)63-45/h1-29H. The van der Waals surface area contributed by atoms with Gasteiger partial charge in [-0.1, -0.05) is 103 Å². The first kappa shape index (κ1) is 31.8. The van der Waals surface area contributed by atoms with Crippen LogP contribution < -0.4 is 78.2 Å². The molecular weight excluding hydrogens is 769 g/mol. The third kappa shape index (κ3) is 3.50. The molecule has 0 spiro atoms. The van der Waals surface area contributed by atoms with Crippen LogP contribution in [0.3, 0.4) is 0 Å². The fourth-order valence-electron chi connectivity index (χ4n) is 13.0. The molecule has 8 aliphatic heterocycles. The zero-order valence-electron chi connectivity index (χ0n) is 33.6. The molecular formula is C54H29B3N4O2. The van der Waals surface area contributed by atoms with E-state index in [-0.39, 0.29) is 20.1 Å². The monoisotopic (exact) mass is 798 g/mol. The Hall–Kier alpha value is -8.03. The molecule has 0 aromatic heterocycles. The largest absolute Gasteiger partial charge is 0.458 e. The first-order valence-electron chi connectivity index (χ1n) is 22.0. The Morgan fingerprint density at radius 1 is 0.270 bits per heavy atom. The summed E-state index contributed by atoms with van der Waals surface area (Å²) in [7, 11) is 0. The van der Waals surface area contributed by atoms with Crippen LogP contribution in [0.15, 0.2) is 176 Å². The number of hydrogen-bond acceptors (Lipinski definition) is 6. The molecule has 63 heavy (non-hydrogen) atoms. The molecule has 8 heterocycles. The van der Waals surface area contributed by atoms with E-state index in [9.17, 15) is 0 Å². The fourth-order valence-corrected chi connectivity index (χ4v) is 13.0. The highest BCUT2D eigenvalue weighted by molar-refractivity contribution is 7.07. The molecule has 6 nitrogen and oxygen atoms in total. The normalized spacial score (nSPS) is 15.3. The maximum Gasteiger partial charge on any atom is 0.256 e. The topological polar surface area (TPSA) is 31.4 Å². The molecule has 0 atom stereocenters. The summed E-state index contributed by atoms with van der Waals surface area (Å²) >= 11 is 0. The lowest BCUT2D eigenvalue weighted by Gasteiger charge is -2.56. The number of hydrogen-bond donors (Lipinski definition) is 0. The van der Waals surface area contributed by atoms with Crippen molar-refractivity contribution >= 4 is 138 Å². The number of anilines is 12. The maximum atomic E-state index is 6.94. The highest BCUT2D eigenvalue weighted by Gasteiger charge is 2.58. The van der Waals surface area contributed by atoms with Gasteiger partial charge in [-0.3, -0.25) is 0 Å². The molecule has 0 unspecified atom stereocenters. The lowest BCUT2D eigenvalue weighted by molar-refractivity contribution is 0.487. The second-order valence-electron chi connectivity index (χ2n) is 17.9. The summed E-state index contributed by atoms with van der Waals surface area (Å²) in [5.74, 6) is 3.69. The molecule has 9 heteroatoms. The number of para-hydroxylation sites is 6. The SMILES string of the molecule is c1ccc(N2c3cccc4c3N3c5c(cc6c7c5B4c4cccc5c4N7c4c(ccc7c4B6c4ccccc4O7)N5c4ccccc4)B4c5ccccc5Oc5ccc2c3c54)cc1. The minimum Gasteiger partial charge on any atom is -0.458 e. The van der Waals surface area contributed by atoms with Gasteiger partial charge in [0.25, 0.3) is 20.1 Å². The van der Waals surface area contributed by atoms with Gasteiger partial charge in [-0.25, -0.2) is 0 Å². The van der Waals surface area contributed by atoms with E-state index < -0.39 is 0 Å². The van der Waals surface area contributed by atoms with Crippen molar-refractivity contribution in [1.82, 2.24) is 0 Å². The quantitative estimate of drug-likeness (QED) is 0.172. The Morgan fingerprint density at radius 3 is 1.17 bits per heavy atom. The zero-order chi connectivity index (χ0) is 40.4. The van der Waals surface area contributed by atoms with E-state index in [1.807, 2.05) is 0 Å². The van der Waals surface area contributed by atoms with Gasteiger partial charge in [-0.05, 0) is 122 Å².